The lowest BCUT2D eigenvalue weighted by molar-refractivity contribution is 0.0702. The van der Waals surface area contributed by atoms with E-state index in [0.29, 0.717) is 0 Å². The van der Waals surface area contributed by atoms with Gasteiger partial charge in [0.05, 0.1) is 6.20 Å². The predicted molar refractivity (Wildman–Crippen MR) is 75.6 cm³/mol. The first kappa shape index (κ1) is 12.2. The van der Waals surface area contributed by atoms with Gasteiger partial charge in [0, 0.05) is 12.2 Å². The SMILES string of the molecule is Cc1ccc2c(c1)CCCN2c1ncc(C(=O)O)s1. The van der Waals surface area contributed by atoms with E-state index in [1.54, 1.807) is 0 Å². The highest BCUT2D eigenvalue weighted by Gasteiger charge is 2.21. The number of aromatic carboxylic acids is 1. The molecular weight excluding hydrogens is 260 g/mol. The van der Waals surface area contributed by atoms with Crippen LogP contribution in [-0.2, 0) is 6.42 Å². The lowest BCUT2D eigenvalue weighted by atomic mass is 10.0. The summed E-state index contributed by atoms with van der Waals surface area (Å²) in [4.78, 5) is 17.6. The monoisotopic (exact) mass is 274 g/mol. The number of carboxylic acids is 1. The van der Waals surface area contributed by atoms with Gasteiger partial charge in [-0.15, -0.1) is 0 Å². The molecular formula is C14H14N2O2S. The average Bonchev–Trinajstić information content (AvgIpc) is 2.87. The number of thiazole rings is 1. The number of hydrogen-bond donors (Lipinski definition) is 1. The number of aryl methyl sites for hydroxylation is 2. The fraction of sp³-hybridized carbons (Fsp3) is 0.286. The maximum atomic E-state index is 10.9. The maximum absolute atomic E-state index is 10.9. The van der Waals surface area contributed by atoms with E-state index in [-0.39, 0.29) is 4.88 Å². The van der Waals surface area contributed by atoms with Crippen LogP contribution in [0, 0.1) is 6.92 Å². The molecule has 2 aromatic rings. The minimum absolute atomic E-state index is 0.286. The largest absolute Gasteiger partial charge is 0.477 e. The summed E-state index contributed by atoms with van der Waals surface area (Å²) in [6.45, 7) is 2.98. The molecule has 0 saturated heterocycles. The van der Waals surface area contributed by atoms with Crippen LogP contribution in [0.15, 0.2) is 24.4 Å². The van der Waals surface area contributed by atoms with Crippen molar-refractivity contribution >= 4 is 28.1 Å². The summed E-state index contributed by atoms with van der Waals surface area (Å²) in [6, 6.07) is 6.39. The van der Waals surface area contributed by atoms with Crippen molar-refractivity contribution in [2.75, 3.05) is 11.4 Å². The van der Waals surface area contributed by atoms with Gasteiger partial charge in [-0.2, -0.15) is 0 Å². The van der Waals surface area contributed by atoms with E-state index in [2.05, 4.69) is 35.0 Å². The Kier molecular flexibility index (Phi) is 2.98. The summed E-state index contributed by atoms with van der Waals surface area (Å²) in [5.74, 6) is -0.912. The summed E-state index contributed by atoms with van der Waals surface area (Å²) in [5.41, 5.74) is 3.73. The van der Waals surface area contributed by atoms with Gasteiger partial charge >= 0.3 is 5.97 Å². The molecule has 0 amide bonds. The lowest BCUT2D eigenvalue weighted by Gasteiger charge is -2.29. The summed E-state index contributed by atoms with van der Waals surface area (Å²) in [7, 11) is 0. The third-order valence-corrected chi connectivity index (χ3v) is 4.30. The third-order valence-electron chi connectivity index (χ3n) is 3.29. The Balaban J connectivity index is 2.00. The normalized spacial score (nSPS) is 14.3. The molecule has 1 N–H and O–H groups in total. The number of rotatable bonds is 2. The molecule has 0 atom stereocenters. The van der Waals surface area contributed by atoms with Gasteiger partial charge in [-0.3, -0.25) is 0 Å². The highest BCUT2D eigenvalue weighted by molar-refractivity contribution is 7.17. The molecule has 3 rings (SSSR count). The summed E-state index contributed by atoms with van der Waals surface area (Å²) in [5, 5.41) is 9.75. The van der Waals surface area contributed by atoms with Crippen molar-refractivity contribution in [2.45, 2.75) is 19.8 Å². The fourth-order valence-electron chi connectivity index (χ4n) is 2.41. The van der Waals surface area contributed by atoms with E-state index in [0.717, 1.165) is 30.2 Å². The number of fused-ring (bicyclic) bond motifs is 1. The van der Waals surface area contributed by atoms with Crippen molar-refractivity contribution in [3.63, 3.8) is 0 Å². The molecule has 1 aliphatic rings. The van der Waals surface area contributed by atoms with Gasteiger partial charge in [0.1, 0.15) is 4.88 Å². The van der Waals surface area contributed by atoms with Crippen LogP contribution in [0.3, 0.4) is 0 Å². The Hall–Kier alpha value is -1.88. The van der Waals surface area contributed by atoms with Gasteiger partial charge in [0.15, 0.2) is 5.13 Å². The van der Waals surface area contributed by atoms with Gasteiger partial charge in [-0.05, 0) is 31.4 Å². The van der Waals surface area contributed by atoms with Gasteiger partial charge in [0.2, 0.25) is 0 Å². The van der Waals surface area contributed by atoms with E-state index in [9.17, 15) is 4.79 Å². The van der Waals surface area contributed by atoms with Crippen molar-refractivity contribution in [2.24, 2.45) is 0 Å². The highest BCUT2D eigenvalue weighted by atomic mass is 32.1. The molecule has 98 valence electrons. The molecule has 0 saturated carbocycles. The summed E-state index contributed by atoms with van der Waals surface area (Å²) < 4.78 is 0. The minimum atomic E-state index is -0.912. The van der Waals surface area contributed by atoms with Crippen LogP contribution < -0.4 is 4.90 Å². The second-order valence-corrected chi connectivity index (χ2v) is 5.71. The minimum Gasteiger partial charge on any atom is -0.477 e. The van der Waals surface area contributed by atoms with Gasteiger partial charge < -0.3 is 10.0 Å². The van der Waals surface area contributed by atoms with E-state index in [4.69, 9.17) is 5.11 Å². The van der Waals surface area contributed by atoms with Crippen LogP contribution in [0.1, 0.15) is 27.2 Å². The van der Waals surface area contributed by atoms with Crippen LogP contribution in [0.4, 0.5) is 10.8 Å². The van der Waals surface area contributed by atoms with E-state index >= 15 is 0 Å². The fourth-order valence-corrected chi connectivity index (χ4v) is 3.21. The second kappa shape index (κ2) is 4.66. The number of carbonyl (C=O) groups is 1. The Labute approximate surface area is 115 Å². The Morgan fingerprint density at radius 3 is 3.05 bits per heavy atom. The zero-order chi connectivity index (χ0) is 13.4. The van der Waals surface area contributed by atoms with Crippen LogP contribution in [0.2, 0.25) is 0 Å². The highest BCUT2D eigenvalue weighted by Crippen LogP contribution is 2.35. The first-order valence-electron chi connectivity index (χ1n) is 6.21. The Morgan fingerprint density at radius 1 is 1.47 bits per heavy atom. The molecule has 0 radical (unpaired) electrons. The molecule has 4 nitrogen and oxygen atoms in total. The number of benzene rings is 1. The number of nitrogens with zero attached hydrogens (tertiary/aromatic N) is 2. The summed E-state index contributed by atoms with van der Waals surface area (Å²) >= 11 is 1.23. The van der Waals surface area contributed by atoms with Crippen molar-refractivity contribution in [1.29, 1.82) is 0 Å². The van der Waals surface area contributed by atoms with Gasteiger partial charge in [0.25, 0.3) is 0 Å². The standard InChI is InChI=1S/C14H14N2O2S/c1-9-4-5-11-10(7-9)3-2-6-16(11)14-15-8-12(19-14)13(17)18/h4-5,7-8H,2-3,6H2,1H3,(H,17,18). The van der Waals surface area contributed by atoms with Crippen molar-refractivity contribution in [1.82, 2.24) is 4.98 Å². The van der Waals surface area contributed by atoms with Crippen LogP contribution >= 0.6 is 11.3 Å². The molecule has 2 heterocycles. The van der Waals surface area contributed by atoms with Crippen molar-refractivity contribution < 1.29 is 9.90 Å². The zero-order valence-electron chi connectivity index (χ0n) is 10.6. The molecule has 0 unspecified atom stereocenters. The van der Waals surface area contributed by atoms with Crippen LogP contribution in [0.25, 0.3) is 0 Å². The van der Waals surface area contributed by atoms with E-state index < -0.39 is 5.97 Å². The Bertz CT molecular complexity index is 636. The molecule has 0 bridgehead atoms. The number of anilines is 2. The summed E-state index contributed by atoms with van der Waals surface area (Å²) in [6.07, 6.45) is 3.58. The van der Waals surface area contributed by atoms with Gasteiger partial charge in [-0.25, -0.2) is 9.78 Å². The lowest BCUT2D eigenvalue weighted by Crippen LogP contribution is -2.24. The topological polar surface area (TPSA) is 53.4 Å². The van der Waals surface area contributed by atoms with E-state index in [1.807, 2.05) is 0 Å². The Morgan fingerprint density at radius 2 is 2.32 bits per heavy atom. The molecule has 1 aromatic carbocycles. The van der Waals surface area contributed by atoms with Crippen molar-refractivity contribution in [3.8, 4) is 0 Å². The first-order valence-corrected chi connectivity index (χ1v) is 7.03. The quantitative estimate of drug-likeness (QED) is 0.913. The number of carboxylic acid groups (broad SMARTS) is 1. The molecule has 1 aromatic heterocycles. The molecule has 5 heteroatoms. The average molecular weight is 274 g/mol. The van der Waals surface area contributed by atoms with Gasteiger partial charge in [-0.1, -0.05) is 29.0 Å². The number of aromatic nitrogens is 1. The first-order chi connectivity index (χ1) is 9.15. The predicted octanol–water partition coefficient (Wildman–Crippen LogP) is 3.23. The molecule has 0 fully saturated rings. The zero-order valence-corrected chi connectivity index (χ0v) is 11.4. The third kappa shape index (κ3) is 2.21. The maximum Gasteiger partial charge on any atom is 0.347 e. The van der Waals surface area contributed by atoms with Crippen LogP contribution in [0.5, 0.6) is 0 Å². The van der Waals surface area contributed by atoms with Crippen molar-refractivity contribution in [3.05, 3.63) is 40.4 Å². The molecule has 1 aliphatic heterocycles. The van der Waals surface area contributed by atoms with E-state index in [1.165, 1.54) is 28.7 Å². The second-order valence-electron chi connectivity index (χ2n) is 4.70. The molecule has 0 spiro atoms. The molecule has 0 aliphatic carbocycles. The number of hydrogen-bond acceptors (Lipinski definition) is 4. The smallest absolute Gasteiger partial charge is 0.347 e. The van der Waals surface area contributed by atoms with Crippen LogP contribution in [-0.4, -0.2) is 22.6 Å². The molecule has 19 heavy (non-hydrogen) atoms.